The van der Waals surface area contributed by atoms with Crippen molar-refractivity contribution in [3.8, 4) is 0 Å². The van der Waals surface area contributed by atoms with Crippen molar-refractivity contribution in [3.05, 3.63) is 68.2 Å². The normalized spacial score (nSPS) is 12.4. The van der Waals surface area contributed by atoms with Gasteiger partial charge in [-0.25, -0.2) is 0 Å². The molecule has 0 fully saturated rings. The molecule has 1 atom stereocenters. The fraction of sp³-hybridized carbons (Fsp3) is 0.294. The Bertz CT molecular complexity index is 625. The predicted octanol–water partition coefficient (Wildman–Crippen LogP) is 5.85. The van der Waals surface area contributed by atoms with E-state index in [4.69, 9.17) is 34.8 Å². The molecule has 0 heterocycles. The second-order valence-corrected chi connectivity index (χ2v) is 6.31. The standard InChI is InChI=1S/C17H18Cl3N/c1-3-21-17(14-10-13(18)6-4-11(14)2)9-12-5-7-15(19)16(20)8-12/h4-8,10,17,21H,3,9H2,1-2H3. The molecule has 2 aromatic carbocycles. The molecule has 0 aliphatic carbocycles. The zero-order chi connectivity index (χ0) is 15.4. The van der Waals surface area contributed by atoms with Gasteiger partial charge in [-0.05, 0) is 60.8 Å². The van der Waals surface area contributed by atoms with Crippen molar-refractivity contribution in [1.29, 1.82) is 0 Å². The van der Waals surface area contributed by atoms with Gasteiger partial charge in [0.1, 0.15) is 0 Å². The molecule has 0 spiro atoms. The maximum atomic E-state index is 6.14. The van der Waals surface area contributed by atoms with E-state index in [0.717, 1.165) is 23.6 Å². The molecule has 0 aliphatic rings. The lowest BCUT2D eigenvalue weighted by molar-refractivity contribution is 0.547. The second kappa shape index (κ2) is 7.51. The van der Waals surface area contributed by atoms with Crippen molar-refractivity contribution in [3.63, 3.8) is 0 Å². The highest BCUT2D eigenvalue weighted by Gasteiger charge is 2.14. The van der Waals surface area contributed by atoms with Crippen LogP contribution in [0.4, 0.5) is 0 Å². The van der Waals surface area contributed by atoms with Gasteiger partial charge < -0.3 is 5.32 Å². The molecule has 0 saturated carbocycles. The van der Waals surface area contributed by atoms with Crippen molar-refractivity contribution < 1.29 is 0 Å². The SMILES string of the molecule is CCNC(Cc1ccc(Cl)c(Cl)c1)c1cc(Cl)ccc1C. The fourth-order valence-electron chi connectivity index (χ4n) is 2.43. The first kappa shape index (κ1) is 16.6. The Morgan fingerprint density at radius 3 is 2.43 bits per heavy atom. The average Bonchev–Trinajstić information content (AvgIpc) is 2.45. The number of benzene rings is 2. The number of aryl methyl sites for hydroxylation is 1. The van der Waals surface area contributed by atoms with Gasteiger partial charge >= 0.3 is 0 Å². The Kier molecular flexibility index (Phi) is 5.95. The summed E-state index contributed by atoms with van der Waals surface area (Å²) in [4.78, 5) is 0. The summed E-state index contributed by atoms with van der Waals surface area (Å²) in [6.07, 6.45) is 0.839. The molecule has 112 valence electrons. The summed E-state index contributed by atoms with van der Waals surface area (Å²) >= 11 is 18.2. The lowest BCUT2D eigenvalue weighted by atomic mass is 9.95. The number of halogens is 3. The third-order valence-electron chi connectivity index (χ3n) is 3.49. The van der Waals surface area contributed by atoms with Crippen molar-refractivity contribution in [2.45, 2.75) is 26.3 Å². The van der Waals surface area contributed by atoms with E-state index in [0.29, 0.717) is 10.0 Å². The van der Waals surface area contributed by atoms with Crippen molar-refractivity contribution in [2.24, 2.45) is 0 Å². The third-order valence-corrected chi connectivity index (χ3v) is 4.47. The van der Waals surface area contributed by atoms with E-state index in [1.807, 2.05) is 30.3 Å². The van der Waals surface area contributed by atoms with Crippen LogP contribution in [-0.4, -0.2) is 6.54 Å². The molecule has 21 heavy (non-hydrogen) atoms. The lowest BCUT2D eigenvalue weighted by Gasteiger charge is -2.21. The number of nitrogens with one attached hydrogen (secondary N) is 1. The van der Waals surface area contributed by atoms with Crippen LogP contribution in [0.15, 0.2) is 36.4 Å². The molecule has 2 rings (SSSR count). The minimum Gasteiger partial charge on any atom is -0.310 e. The van der Waals surface area contributed by atoms with Gasteiger partial charge in [-0.15, -0.1) is 0 Å². The first-order valence-corrected chi connectivity index (χ1v) is 8.08. The highest BCUT2D eigenvalue weighted by atomic mass is 35.5. The molecule has 1 N–H and O–H groups in total. The molecule has 1 unspecified atom stereocenters. The molecular weight excluding hydrogens is 325 g/mol. The minimum atomic E-state index is 0.200. The maximum Gasteiger partial charge on any atom is 0.0595 e. The van der Waals surface area contributed by atoms with Gasteiger partial charge in [0.2, 0.25) is 0 Å². The topological polar surface area (TPSA) is 12.0 Å². The van der Waals surface area contributed by atoms with Crippen LogP contribution in [0.1, 0.15) is 29.7 Å². The number of rotatable bonds is 5. The Labute approximate surface area is 141 Å². The molecule has 2 aromatic rings. The summed E-state index contributed by atoms with van der Waals surface area (Å²) < 4.78 is 0. The average molecular weight is 343 g/mol. The lowest BCUT2D eigenvalue weighted by Crippen LogP contribution is -2.23. The smallest absolute Gasteiger partial charge is 0.0595 e. The zero-order valence-electron chi connectivity index (χ0n) is 12.1. The Hall–Kier alpha value is -0.730. The molecule has 0 bridgehead atoms. The fourth-order valence-corrected chi connectivity index (χ4v) is 2.93. The Morgan fingerprint density at radius 2 is 1.76 bits per heavy atom. The van der Waals surface area contributed by atoms with E-state index in [9.17, 15) is 0 Å². The first-order valence-electron chi connectivity index (χ1n) is 6.94. The van der Waals surface area contributed by atoms with Crippen molar-refractivity contribution in [1.82, 2.24) is 5.32 Å². The Balaban J connectivity index is 2.30. The van der Waals surface area contributed by atoms with E-state index in [1.54, 1.807) is 0 Å². The highest BCUT2D eigenvalue weighted by molar-refractivity contribution is 6.42. The number of likely N-dealkylation sites (N-methyl/N-ethyl adjacent to an activating group) is 1. The van der Waals surface area contributed by atoms with Gasteiger partial charge in [-0.2, -0.15) is 0 Å². The van der Waals surface area contributed by atoms with Gasteiger partial charge in [0.05, 0.1) is 10.0 Å². The maximum absolute atomic E-state index is 6.14. The predicted molar refractivity (Wildman–Crippen MR) is 92.8 cm³/mol. The summed E-state index contributed by atoms with van der Waals surface area (Å²) in [5, 5.41) is 5.44. The van der Waals surface area contributed by atoms with Crippen LogP contribution in [0.3, 0.4) is 0 Å². The van der Waals surface area contributed by atoms with Crippen LogP contribution in [0.25, 0.3) is 0 Å². The minimum absolute atomic E-state index is 0.200. The van der Waals surface area contributed by atoms with Gasteiger partial charge in [0, 0.05) is 11.1 Å². The van der Waals surface area contributed by atoms with E-state index >= 15 is 0 Å². The van der Waals surface area contributed by atoms with Crippen LogP contribution in [0, 0.1) is 6.92 Å². The van der Waals surface area contributed by atoms with Gasteiger partial charge in [0.25, 0.3) is 0 Å². The highest BCUT2D eigenvalue weighted by Crippen LogP contribution is 2.28. The third kappa shape index (κ3) is 4.37. The summed E-state index contributed by atoms with van der Waals surface area (Å²) in [5.41, 5.74) is 3.59. The molecule has 0 radical (unpaired) electrons. The quantitative estimate of drug-likeness (QED) is 0.719. The molecule has 1 nitrogen and oxygen atoms in total. The number of hydrogen-bond acceptors (Lipinski definition) is 1. The van der Waals surface area contributed by atoms with Crippen LogP contribution < -0.4 is 5.32 Å². The largest absolute Gasteiger partial charge is 0.310 e. The Morgan fingerprint density at radius 1 is 1.00 bits per heavy atom. The van der Waals surface area contributed by atoms with Gasteiger partial charge in [0.15, 0.2) is 0 Å². The van der Waals surface area contributed by atoms with Crippen molar-refractivity contribution in [2.75, 3.05) is 6.54 Å². The van der Waals surface area contributed by atoms with Crippen LogP contribution in [0.2, 0.25) is 15.1 Å². The molecular formula is C17H18Cl3N. The van der Waals surface area contributed by atoms with E-state index < -0.39 is 0 Å². The summed E-state index contributed by atoms with van der Waals surface area (Å²) in [7, 11) is 0. The summed E-state index contributed by atoms with van der Waals surface area (Å²) in [6.45, 7) is 5.09. The van der Waals surface area contributed by atoms with Gasteiger partial charge in [-0.3, -0.25) is 0 Å². The van der Waals surface area contributed by atoms with E-state index in [1.165, 1.54) is 11.1 Å². The molecule has 4 heteroatoms. The van der Waals surface area contributed by atoms with E-state index in [2.05, 4.69) is 25.2 Å². The summed E-state index contributed by atoms with van der Waals surface area (Å²) in [5.74, 6) is 0. The molecule has 0 aliphatic heterocycles. The van der Waals surface area contributed by atoms with Crippen LogP contribution in [-0.2, 0) is 6.42 Å². The first-order chi connectivity index (χ1) is 10.0. The summed E-state index contributed by atoms with van der Waals surface area (Å²) in [6, 6.07) is 12.0. The van der Waals surface area contributed by atoms with Crippen molar-refractivity contribution >= 4 is 34.8 Å². The monoisotopic (exact) mass is 341 g/mol. The van der Waals surface area contributed by atoms with E-state index in [-0.39, 0.29) is 6.04 Å². The molecule has 0 amide bonds. The molecule has 0 aromatic heterocycles. The molecule has 0 saturated heterocycles. The van der Waals surface area contributed by atoms with Crippen LogP contribution >= 0.6 is 34.8 Å². The number of hydrogen-bond donors (Lipinski definition) is 1. The van der Waals surface area contributed by atoms with Crippen LogP contribution in [0.5, 0.6) is 0 Å². The zero-order valence-corrected chi connectivity index (χ0v) is 14.4. The van der Waals surface area contributed by atoms with Gasteiger partial charge in [-0.1, -0.05) is 53.9 Å². The second-order valence-electron chi connectivity index (χ2n) is 5.06.